The predicted molar refractivity (Wildman–Crippen MR) is 101 cm³/mol. The quantitative estimate of drug-likeness (QED) is 0.809. The number of aromatic nitrogens is 1. The van der Waals surface area contributed by atoms with E-state index >= 15 is 0 Å². The lowest BCUT2D eigenvalue weighted by molar-refractivity contribution is -0.136. The van der Waals surface area contributed by atoms with Crippen LogP contribution in [0.2, 0.25) is 0 Å². The molecule has 0 N–H and O–H groups in total. The van der Waals surface area contributed by atoms with E-state index in [1.54, 1.807) is 0 Å². The van der Waals surface area contributed by atoms with Crippen molar-refractivity contribution in [1.82, 2.24) is 14.4 Å². The number of fused-ring (bicyclic) bond motifs is 1. The molecule has 1 aromatic heterocycles. The second kappa shape index (κ2) is 7.92. The molecule has 2 aliphatic rings. The van der Waals surface area contributed by atoms with Gasteiger partial charge in [-0.1, -0.05) is 0 Å². The average molecular weight is 377 g/mol. The molecule has 0 radical (unpaired) electrons. The van der Waals surface area contributed by atoms with Crippen molar-refractivity contribution in [3.8, 4) is 0 Å². The van der Waals surface area contributed by atoms with Crippen molar-refractivity contribution in [1.29, 1.82) is 0 Å². The van der Waals surface area contributed by atoms with E-state index in [0.717, 1.165) is 25.1 Å². The van der Waals surface area contributed by atoms with Crippen LogP contribution in [-0.2, 0) is 20.8 Å². The monoisotopic (exact) mass is 377 g/mol. The molecule has 2 aliphatic heterocycles. The van der Waals surface area contributed by atoms with Gasteiger partial charge in [-0.05, 0) is 52.7 Å². The lowest BCUT2D eigenvalue weighted by Crippen LogP contribution is -2.49. The van der Waals surface area contributed by atoms with E-state index in [1.807, 2.05) is 50.9 Å². The molecule has 1 saturated heterocycles. The van der Waals surface area contributed by atoms with Crippen LogP contribution in [0.5, 0.6) is 0 Å². The maximum absolute atomic E-state index is 13.0. The number of carbonyl (C=O) groups excluding carboxylic acids is 2. The van der Waals surface area contributed by atoms with Crippen LogP contribution < -0.4 is 0 Å². The molecule has 1 fully saturated rings. The Bertz CT molecular complexity index is 673. The molecule has 7 nitrogen and oxygen atoms in total. The molecule has 1 aromatic rings. The van der Waals surface area contributed by atoms with Crippen LogP contribution in [0.3, 0.4) is 0 Å². The first-order valence-electron chi connectivity index (χ1n) is 9.78. The molecule has 0 bridgehead atoms. The van der Waals surface area contributed by atoms with Crippen LogP contribution in [0.1, 0.15) is 52.3 Å². The Balaban J connectivity index is 1.68. The van der Waals surface area contributed by atoms with Gasteiger partial charge in [0.05, 0.1) is 18.7 Å². The van der Waals surface area contributed by atoms with Crippen molar-refractivity contribution in [2.75, 3.05) is 26.2 Å². The molecular formula is C20H31N3O4. The fourth-order valence-corrected chi connectivity index (χ4v) is 3.74. The maximum atomic E-state index is 13.0. The van der Waals surface area contributed by atoms with Gasteiger partial charge in [0.15, 0.2) is 0 Å². The first-order chi connectivity index (χ1) is 12.7. The van der Waals surface area contributed by atoms with Crippen molar-refractivity contribution in [3.05, 3.63) is 24.0 Å². The van der Waals surface area contributed by atoms with Gasteiger partial charge in [-0.3, -0.25) is 9.69 Å². The number of carbonyl (C=O) groups is 2. The number of ether oxygens (including phenoxy) is 2. The third-order valence-electron chi connectivity index (χ3n) is 5.09. The molecule has 0 spiro atoms. The Morgan fingerprint density at radius 3 is 2.78 bits per heavy atom. The largest absolute Gasteiger partial charge is 0.444 e. The number of rotatable bonds is 4. The minimum Gasteiger partial charge on any atom is -0.444 e. The average Bonchev–Trinajstić information content (AvgIpc) is 3.24. The second-order valence-corrected chi connectivity index (χ2v) is 8.39. The van der Waals surface area contributed by atoms with Crippen molar-refractivity contribution in [2.24, 2.45) is 0 Å². The fourth-order valence-electron chi connectivity index (χ4n) is 3.74. The summed E-state index contributed by atoms with van der Waals surface area (Å²) in [6.45, 7) is 10.1. The Kier molecular flexibility index (Phi) is 5.79. The number of amides is 2. The van der Waals surface area contributed by atoms with E-state index in [2.05, 4.69) is 4.57 Å². The summed E-state index contributed by atoms with van der Waals surface area (Å²) in [6.07, 6.45) is 3.45. The van der Waals surface area contributed by atoms with Crippen LogP contribution >= 0.6 is 0 Å². The minimum absolute atomic E-state index is 0.00975. The molecule has 150 valence electrons. The molecule has 0 saturated carbocycles. The highest BCUT2D eigenvalue weighted by Crippen LogP contribution is 2.26. The van der Waals surface area contributed by atoms with Crippen molar-refractivity contribution >= 4 is 12.0 Å². The molecule has 2 amide bonds. The first-order valence-corrected chi connectivity index (χ1v) is 9.78. The summed E-state index contributed by atoms with van der Waals surface area (Å²) in [4.78, 5) is 29.1. The smallest absolute Gasteiger partial charge is 0.410 e. The Morgan fingerprint density at radius 2 is 2.11 bits per heavy atom. The van der Waals surface area contributed by atoms with Crippen molar-refractivity contribution < 1.29 is 19.1 Å². The van der Waals surface area contributed by atoms with E-state index in [-0.39, 0.29) is 24.6 Å². The predicted octanol–water partition coefficient (Wildman–Crippen LogP) is 2.81. The minimum atomic E-state index is -0.603. The van der Waals surface area contributed by atoms with Gasteiger partial charge in [-0.25, -0.2) is 4.79 Å². The standard InChI is InChI=1S/C20H31N3O4/c1-15-17-8-5-9-21(17)10-11-23(15)18(24)14-22(13-16-7-6-12-26-16)19(25)27-20(2,3)4/h5,8-9,15-16H,6-7,10-14H2,1-4H3/t15-,16-/m1/s1. The molecule has 2 atom stereocenters. The summed E-state index contributed by atoms with van der Waals surface area (Å²) in [6, 6.07) is 4.04. The van der Waals surface area contributed by atoms with Gasteiger partial charge >= 0.3 is 6.09 Å². The van der Waals surface area contributed by atoms with E-state index in [1.165, 1.54) is 4.90 Å². The van der Waals surface area contributed by atoms with Crippen LogP contribution in [0.15, 0.2) is 18.3 Å². The van der Waals surface area contributed by atoms with Gasteiger partial charge < -0.3 is 18.9 Å². The number of hydrogen-bond donors (Lipinski definition) is 0. The third-order valence-corrected chi connectivity index (χ3v) is 5.09. The first kappa shape index (κ1) is 19.7. The highest BCUT2D eigenvalue weighted by molar-refractivity contribution is 5.83. The van der Waals surface area contributed by atoms with E-state index in [9.17, 15) is 9.59 Å². The topological polar surface area (TPSA) is 64.0 Å². The number of nitrogens with zero attached hydrogens (tertiary/aromatic N) is 3. The SMILES string of the molecule is C[C@@H]1c2cccn2CCN1C(=O)CN(C[C@H]1CCCO1)C(=O)OC(C)(C)C. The lowest BCUT2D eigenvalue weighted by Gasteiger charge is -2.36. The summed E-state index contributed by atoms with van der Waals surface area (Å²) in [5.74, 6) is -0.0567. The van der Waals surface area contributed by atoms with Crippen LogP contribution in [0.25, 0.3) is 0 Å². The molecule has 3 heterocycles. The van der Waals surface area contributed by atoms with E-state index in [0.29, 0.717) is 19.7 Å². The summed E-state index contributed by atoms with van der Waals surface area (Å²) >= 11 is 0. The van der Waals surface area contributed by atoms with Crippen LogP contribution in [0, 0.1) is 0 Å². The van der Waals surface area contributed by atoms with E-state index in [4.69, 9.17) is 9.47 Å². The zero-order valence-electron chi connectivity index (χ0n) is 16.8. The Morgan fingerprint density at radius 1 is 1.33 bits per heavy atom. The van der Waals surface area contributed by atoms with E-state index < -0.39 is 11.7 Å². The summed E-state index contributed by atoms with van der Waals surface area (Å²) < 4.78 is 13.4. The summed E-state index contributed by atoms with van der Waals surface area (Å²) in [5.41, 5.74) is 0.520. The molecule has 3 rings (SSSR count). The van der Waals surface area contributed by atoms with Crippen LogP contribution in [-0.4, -0.2) is 64.3 Å². The van der Waals surface area contributed by atoms with Gasteiger partial charge in [-0.2, -0.15) is 0 Å². The zero-order chi connectivity index (χ0) is 19.6. The summed E-state index contributed by atoms with van der Waals surface area (Å²) in [7, 11) is 0. The second-order valence-electron chi connectivity index (χ2n) is 8.39. The molecule has 27 heavy (non-hydrogen) atoms. The number of hydrogen-bond acceptors (Lipinski definition) is 4. The van der Waals surface area contributed by atoms with Crippen molar-refractivity contribution in [3.63, 3.8) is 0 Å². The normalized spacial score (nSPS) is 22.4. The van der Waals surface area contributed by atoms with Gasteiger partial charge in [-0.15, -0.1) is 0 Å². The van der Waals surface area contributed by atoms with Crippen molar-refractivity contribution in [2.45, 2.75) is 64.8 Å². The summed E-state index contributed by atoms with van der Waals surface area (Å²) in [5, 5.41) is 0. The molecule has 7 heteroatoms. The zero-order valence-corrected chi connectivity index (χ0v) is 16.8. The van der Waals surface area contributed by atoms with Gasteiger partial charge in [0.2, 0.25) is 5.91 Å². The Hall–Kier alpha value is -2.02. The van der Waals surface area contributed by atoms with Gasteiger partial charge in [0.1, 0.15) is 12.1 Å². The molecular weight excluding hydrogens is 346 g/mol. The third kappa shape index (κ3) is 4.83. The maximum Gasteiger partial charge on any atom is 0.410 e. The highest BCUT2D eigenvalue weighted by atomic mass is 16.6. The molecule has 0 unspecified atom stereocenters. The Labute approximate surface area is 161 Å². The van der Waals surface area contributed by atoms with Gasteiger partial charge in [0.25, 0.3) is 0 Å². The van der Waals surface area contributed by atoms with Gasteiger partial charge in [0, 0.05) is 31.6 Å². The highest BCUT2D eigenvalue weighted by Gasteiger charge is 2.32. The molecule has 0 aromatic carbocycles. The van der Waals surface area contributed by atoms with Crippen LogP contribution in [0.4, 0.5) is 4.79 Å². The molecule has 0 aliphatic carbocycles. The fraction of sp³-hybridized carbons (Fsp3) is 0.700. The lowest BCUT2D eigenvalue weighted by atomic mass is 10.1.